The molecule has 0 bridgehead atoms. The van der Waals surface area contributed by atoms with Crippen molar-refractivity contribution >= 4 is 131 Å². The van der Waals surface area contributed by atoms with Gasteiger partial charge in [-0.25, -0.2) is 18.3 Å². The molecule has 0 aliphatic rings. The highest BCUT2D eigenvalue weighted by Gasteiger charge is 2.28. The van der Waals surface area contributed by atoms with E-state index in [1.807, 2.05) is 89.9 Å². The monoisotopic (exact) mass is 1360 g/mol. The molecule has 8 heterocycles. The van der Waals surface area contributed by atoms with Gasteiger partial charge >= 0.3 is 17.5 Å². The quantitative estimate of drug-likeness (QED) is 0.160. The maximum atomic E-state index is 6.39. The van der Waals surface area contributed by atoms with Gasteiger partial charge in [0, 0.05) is 80.7 Å². The summed E-state index contributed by atoms with van der Waals surface area (Å²) in [5.74, 6) is 2.76. The Morgan fingerprint density at radius 3 is 1.21 bits per heavy atom. The van der Waals surface area contributed by atoms with Crippen molar-refractivity contribution in [2.24, 2.45) is 28.2 Å². The summed E-state index contributed by atoms with van der Waals surface area (Å²) in [6.07, 6.45) is 11.8. The van der Waals surface area contributed by atoms with Crippen LogP contribution in [0.25, 0.3) is 176 Å². The van der Waals surface area contributed by atoms with Crippen LogP contribution in [0.15, 0.2) is 261 Å². The summed E-state index contributed by atoms with van der Waals surface area (Å²) in [5, 5.41) is 19.1. The molecule has 20 rings (SSSR count). The maximum absolute atomic E-state index is 6.39. The number of hydrogen-bond acceptors (Lipinski definition) is 8. The molecule has 504 valence electrons. The number of aryl methyl sites for hydroxylation is 11. The molecule has 0 amide bonds. The molecular weight excluding hydrogens is 1280 g/mol. The molecule has 12 nitrogen and oxygen atoms in total. The summed E-state index contributed by atoms with van der Waals surface area (Å²) in [6.45, 7) is 16.8. The van der Waals surface area contributed by atoms with Crippen molar-refractivity contribution in [3.8, 4) is 45.4 Å². The van der Waals surface area contributed by atoms with Crippen LogP contribution < -0.4 is 18.3 Å². The number of rotatable bonds is 4. The van der Waals surface area contributed by atoms with Crippen LogP contribution in [0.2, 0.25) is 0 Å². The van der Waals surface area contributed by atoms with Crippen LogP contribution in [-0.4, -0.2) is 19.9 Å². The lowest BCUT2D eigenvalue weighted by molar-refractivity contribution is -0.663. The summed E-state index contributed by atoms with van der Waals surface area (Å²) >= 11 is 0. The minimum atomic E-state index is 0.906. The molecule has 0 spiro atoms. The fourth-order valence-electron chi connectivity index (χ4n) is 15.4. The Morgan fingerprint density at radius 2 is 0.731 bits per heavy atom. The molecule has 12 heteroatoms. The molecule has 0 N–H and O–H groups in total. The minimum Gasteiger partial charge on any atom is -0.455 e. The van der Waals surface area contributed by atoms with Crippen molar-refractivity contribution in [1.29, 1.82) is 0 Å². The first-order valence-electron chi connectivity index (χ1n) is 35.2. The normalized spacial score (nSPS) is 11.7. The van der Waals surface area contributed by atoms with E-state index in [0.717, 1.165) is 140 Å². The van der Waals surface area contributed by atoms with Crippen LogP contribution in [0.3, 0.4) is 0 Å². The molecule has 0 atom stereocenters. The van der Waals surface area contributed by atoms with E-state index in [4.69, 9.17) is 27.6 Å². The van der Waals surface area contributed by atoms with Crippen LogP contribution in [0.4, 0.5) is 0 Å². The van der Waals surface area contributed by atoms with Gasteiger partial charge in [-0.15, -0.1) is 0 Å². The molecule has 0 saturated heterocycles. The standard InChI is InChI=1S/4C23H19N2O/c1-14-13-18-21-17-8-5-4-7-16(17)9-10-19(21)26-22(18)20(15(14)2)23-24-11-6-12-25(23)3;1-14-12-24-23(25(3)13-14)20-15(2)8-10-18-21-17-7-5-4-6-16(17)9-11-19(21)26-22(18)20;1-14-8-10-18-22-17-7-5-4-6-16(17)9-11-20(22)26-23(18)21(14)19-12-15(2)24-13-25(19)3;1-14-8-10-18-21-17-7-5-4-6-16(17)9-11-19(21)26-22(18)20(14)23-24-15(2)12-13-25(23)3/h4*4-13H,1-3H3/q4*+1. The third kappa shape index (κ3) is 10.9. The predicted octanol–water partition coefficient (Wildman–Crippen LogP) is 21.0. The Morgan fingerprint density at radius 1 is 0.308 bits per heavy atom. The van der Waals surface area contributed by atoms with Crippen LogP contribution in [0, 0.1) is 55.4 Å². The van der Waals surface area contributed by atoms with E-state index < -0.39 is 0 Å². The van der Waals surface area contributed by atoms with Gasteiger partial charge < -0.3 is 17.7 Å². The van der Waals surface area contributed by atoms with Crippen molar-refractivity contribution in [2.75, 3.05) is 0 Å². The molecule has 0 fully saturated rings. The van der Waals surface area contributed by atoms with Crippen molar-refractivity contribution < 1.29 is 35.9 Å². The first-order chi connectivity index (χ1) is 50.5. The summed E-state index contributed by atoms with van der Waals surface area (Å²) in [6, 6.07) is 72.0. The molecule has 0 saturated carbocycles. The Hall–Kier alpha value is -12.8. The van der Waals surface area contributed by atoms with E-state index >= 15 is 0 Å². The second-order valence-electron chi connectivity index (χ2n) is 27.7. The summed E-state index contributed by atoms with van der Waals surface area (Å²) in [7, 11) is 8.11. The van der Waals surface area contributed by atoms with Gasteiger partial charge in [0.1, 0.15) is 62.7 Å². The average Bonchev–Trinajstić information content (AvgIpc) is 1.62. The van der Waals surface area contributed by atoms with E-state index in [2.05, 4.69) is 266 Å². The topological polar surface area (TPSA) is 120 Å². The summed E-state index contributed by atoms with van der Waals surface area (Å²) in [4.78, 5) is 18.5. The Labute approximate surface area is 600 Å². The second kappa shape index (κ2) is 25.7. The highest BCUT2D eigenvalue weighted by atomic mass is 16.3. The minimum absolute atomic E-state index is 0.906. The van der Waals surface area contributed by atoms with E-state index in [9.17, 15) is 0 Å². The van der Waals surface area contributed by atoms with E-state index in [0.29, 0.717) is 0 Å². The zero-order valence-corrected chi connectivity index (χ0v) is 60.3. The SMILES string of the molecule is Cc1cc(-c2c(C)ccc3c2oc2ccc4ccccc4c23)[n+](C)cn1.Cc1cc2c(oc3ccc4ccccc4c32)c(-c2nccc[n+]2C)c1C.Cc1cc[n+](C)c(-c2c(C)ccc3c2oc2ccc4ccccc4c23)n1.Cc1cnc(-c2c(C)ccc3c2oc2ccc4ccccc4c23)[n+](C)c1. The van der Waals surface area contributed by atoms with Gasteiger partial charge in [0.2, 0.25) is 0 Å². The van der Waals surface area contributed by atoms with Gasteiger partial charge in [-0.1, -0.05) is 163 Å². The highest BCUT2D eigenvalue weighted by Crippen LogP contribution is 2.45. The van der Waals surface area contributed by atoms with Gasteiger partial charge in [-0.05, 0) is 158 Å². The molecule has 0 aliphatic carbocycles. The summed E-state index contributed by atoms with van der Waals surface area (Å²) in [5.41, 5.74) is 21.9. The number of furan rings is 4. The molecule has 0 unspecified atom stereocenters. The lowest BCUT2D eigenvalue weighted by atomic mass is 9.96. The van der Waals surface area contributed by atoms with E-state index in [1.165, 1.54) is 81.3 Å². The third-order valence-corrected chi connectivity index (χ3v) is 20.7. The highest BCUT2D eigenvalue weighted by molar-refractivity contribution is 6.24. The van der Waals surface area contributed by atoms with Crippen LogP contribution in [0.5, 0.6) is 0 Å². The number of nitrogens with zero attached hydrogens (tertiary/aromatic N) is 8. The van der Waals surface area contributed by atoms with Gasteiger partial charge in [-0.2, -0.15) is 0 Å². The molecular formula is C92H76N8O4+4. The first-order valence-corrected chi connectivity index (χ1v) is 35.2. The van der Waals surface area contributed by atoms with Crippen LogP contribution >= 0.6 is 0 Å². The first kappa shape index (κ1) is 64.6. The molecule has 8 aromatic heterocycles. The van der Waals surface area contributed by atoms with E-state index in [1.54, 1.807) is 0 Å². The lowest BCUT2D eigenvalue weighted by Crippen LogP contribution is -2.32. The fraction of sp³-hybridized carbons (Fsp3) is 0.130. The Bertz CT molecular complexity index is 6710. The fourth-order valence-corrected chi connectivity index (χ4v) is 15.4. The van der Waals surface area contributed by atoms with Gasteiger partial charge in [0.05, 0.1) is 52.3 Å². The third-order valence-electron chi connectivity index (χ3n) is 20.7. The molecule has 12 aromatic carbocycles. The van der Waals surface area contributed by atoms with Crippen LogP contribution in [0.1, 0.15) is 44.8 Å². The van der Waals surface area contributed by atoms with Crippen LogP contribution in [-0.2, 0) is 28.2 Å². The predicted molar refractivity (Wildman–Crippen MR) is 420 cm³/mol. The van der Waals surface area contributed by atoms with Crippen molar-refractivity contribution in [1.82, 2.24) is 19.9 Å². The zero-order valence-electron chi connectivity index (χ0n) is 60.3. The Kier molecular flexibility index (Phi) is 15.9. The number of hydrogen-bond donors (Lipinski definition) is 0. The zero-order chi connectivity index (χ0) is 71.3. The van der Waals surface area contributed by atoms with Crippen molar-refractivity contribution in [3.63, 3.8) is 0 Å². The largest absolute Gasteiger partial charge is 0.455 e. The molecule has 0 radical (unpaired) electrons. The van der Waals surface area contributed by atoms with Gasteiger partial charge in [0.25, 0.3) is 6.33 Å². The number of benzene rings is 12. The number of aromatic nitrogens is 8. The van der Waals surface area contributed by atoms with Gasteiger partial charge in [-0.3, -0.25) is 0 Å². The molecule has 104 heavy (non-hydrogen) atoms. The lowest BCUT2D eigenvalue weighted by Gasteiger charge is -2.07. The van der Waals surface area contributed by atoms with Gasteiger partial charge in [0.15, 0.2) is 28.1 Å². The number of fused-ring (bicyclic) bond motifs is 20. The Balaban J connectivity index is 0.000000103. The second-order valence-corrected chi connectivity index (χ2v) is 27.7. The summed E-state index contributed by atoms with van der Waals surface area (Å²) < 4.78 is 33.7. The molecule has 20 aromatic rings. The maximum Gasteiger partial charge on any atom is 0.334 e. The molecule has 0 aliphatic heterocycles. The van der Waals surface area contributed by atoms with E-state index in [-0.39, 0.29) is 0 Å². The van der Waals surface area contributed by atoms with Crippen molar-refractivity contribution in [2.45, 2.75) is 55.4 Å². The smallest absolute Gasteiger partial charge is 0.334 e. The van der Waals surface area contributed by atoms with Crippen molar-refractivity contribution in [3.05, 3.63) is 288 Å². The average molecular weight is 1360 g/mol.